The zero-order valence-electron chi connectivity index (χ0n) is 15.5. The van der Waals surface area contributed by atoms with Crippen LogP contribution in [0.1, 0.15) is 23.1 Å². The quantitative estimate of drug-likeness (QED) is 0.692. The second-order valence-electron chi connectivity index (χ2n) is 6.90. The van der Waals surface area contributed by atoms with E-state index in [0.29, 0.717) is 18.7 Å². The third-order valence-corrected chi connectivity index (χ3v) is 5.40. The lowest BCUT2D eigenvalue weighted by atomic mass is 10.0. The molecule has 0 atom stereocenters. The number of fused-ring (bicyclic) bond motifs is 1. The number of nitrogens with zero attached hydrogens (tertiary/aromatic N) is 2. The van der Waals surface area contributed by atoms with Crippen LogP contribution >= 0.6 is 11.6 Å². The smallest absolute Gasteiger partial charge is 0.271 e. The van der Waals surface area contributed by atoms with Crippen LogP contribution in [-0.2, 0) is 25.9 Å². The van der Waals surface area contributed by atoms with Crippen LogP contribution in [-0.4, -0.2) is 16.4 Å². The minimum atomic E-state index is -0.130. The zero-order valence-corrected chi connectivity index (χ0v) is 16.3. The highest BCUT2D eigenvalue weighted by atomic mass is 35.5. The van der Waals surface area contributed by atoms with Gasteiger partial charge in [0.15, 0.2) is 0 Å². The van der Waals surface area contributed by atoms with Crippen LogP contribution < -0.4 is 16.0 Å². The van der Waals surface area contributed by atoms with Gasteiger partial charge in [-0.3, -0.25) is 4.79 Å². The molecule has 1 aromatic heterocycles. The molecule has 4 rings (SSSR count). The lowest BCUT2D eigenvalue weighted by Gasteiger charge is -2.11. The van der Waals surface area contributed by atoms with Crippen molar-refractivity contribution in [3.05, 3.63) is 80.6 Å². The van der Waals surface area contributed by atoms with Gasteiger partial charge in [-0.25, -0.2) is 4.68 Å². The Kier molecular flexibility index (Phi) is 5.46. The van der Waals surface area contributed by atoms with E-state index >= 15 is 0 Å². The molecule has 144 valence electrons. The van der Waals surface area contributed by atoms with Gasteiger partial charge in [0.1, 0.15) is 5.75 Å². The maximum Gasteiger partial charge on any atom is 0.271 e. The van der Waals surface area contributed by atoms with Gasteiger partial charge in [0.2, 0.25) is 0 Å². The molecule has 0 spiro atoms. The molecule has 0 unspecified atom stereocenters. The highest BCUT2D eigenvalue weighted by Gasteiger charge is 2.15. The van der Waals surface area contributed by atoms with Crippen molar-refractivity contribution in [1.29, 1.82) is 0 Å². The SMILES string of the molecule is NCc1cc(-c2ccc3c(c2)CCO3)nn(CCCc2ccccc2Cl)c1=O. The van der Waals surface area contributed by atoms with Crippen molar-refractivity contribution in [3.8, 4) is 17.0 Å². The number of aryl methyl sites for hydroxylation is 2. The maximum atomic E-state index is 12.7. The van der Waals surface area contributed by atoms with Gasteiger partial charge in [0.05, 0.1) is 12.3 Å². The van der Waals surface area contributed by atoms with Gasteiger partial charge in [0.25, 0.3) is 5.56 Å². The monoisotopic (exact) mass is 395 g/mol. The van der Waals surface area contributed by atoms with Crippen LogP contribution in [0.4, 0.5) is 0 Å². The first-order valence-electron chi connectivity index (χ1n) is 9.46. The Hall–Kier alpha value is -2.63. The van der Waals surface area contributed by atoms with Gasteiger partial charge in [0, 0.05) is 35.7 Å². The fraction of sp³-hybridized carbons (Fsp3) is 0.273. The predicted molar refractivity (Wildman–Crippen MR) is 111 cm³/mol. The molecule has 2 heterocycles. The molecular weight excluding hydrogens is 374 g/mol. The van der Waals surface area contributed by atoms with E-state index in [-0.39, 0.29) is 12.1 Å². The Bertz CT molecular complexity index is 1060. The molecule has 0 radical (unpaired) electrons. The van der Waals surface area contributed by atoms with E-state index in [0.717, 1.165) is 46.9 Å². The van der Waals surface area contributed by atoms with E-state index in [1.54, 1.807) is 6.07 Å². The first-order chi connectivity index (χ1) is 13.7. The number of aromatic nitrogens is 2. The Balaban J connectivity index is 1.59. The molecule has 0 bridgehead atoms. The molecule has 28 heavy (non-hydrogen) atoms. The zero-order chi connectivity index (χ0) is 19.5. The molecule has 0 aliphatic carbocycles. The summed E-state index contributed by atoms with van der Waals surface area (Å²) in [5.74, 6) is 0.927. The minimum absolute atomic E-state index is 0.130. The van der Waals surface area contributed by atoms with Crippen LogP contribution in [0.3, 0.4) is 0 Å². The van der Waals surface area contributed by atoms with Crippen molar-refractivity contribution in [3.63, 3.8) is 0 Å². The van der Waals surface area contributed by atoms with E-state index in [9.17, 15) is 4.79 Å². The molecule has 2 N–H and O–H groups in total. The molecule has 0 amide bonds. The van der Waals surface area contributed by atoms with Gasteiger partial charge in [-0.1, -0.05) is 29.8 Å². The van der Waals surface area contributed by atoms with E-state index in [1.807, 2.05) is 36.4 Å². The predicted octanol–water partition coefficient (Wildman–Crippen LogP) is 3.59. The van der Waals surface area contributed by atoms with E-state index in [4.69, 9.17) is 22.1 Å². The van der Waals surface area contributed by atoms with Gasteiger partial charge in [-0.05, 0) is 54.3 Å². The highest BCUT2D eigenvalue weighted by molar-refractivity contribution is 6.31. The Morgan fingerprint density at radius 2 is 2.00 bits per heavy atom. The molecule has 1 aliphatic heterocycles. The van der Waals surface area contributed by atoms with Gasteiger partial charge in [-0.15, -0.1) is 0 Å². The fourth-order valence-electron chi connectivity index (χ4n) is 3.50. The summed E-state index contributed by atoms with van der Waals surface area (Å²) in [5, 5.41) is 5.35. The average Bonchev–Trinajstić information content (AvgIpc) is 3.18. The molecule has 0 saturated heterocycles. The van der Waals surface area contributed by atoms with Crippen LogP contribution in [0.25, 0.3) is 11.3 Å². The Morgan fingerprint density at radius 1 is 1.14 bits per heavy atom. The van der Waals surface area contributed by atoms with Crippen LogP contribution in [0.2, 0.25) is 5.02 Å². The Morgan fingerprint density at radius 3 is 2.82 bits per heavy atom. The molecule has 0 fully saturated rings. The highest BCUT2D eigenvalue weighted by Crippen LogP contribution is 2.29. The van der Waals surface area contributed by atoms with Crippen LogP contribution in [0, 0.1) is 0 Å². The van der Waals surface area contributed by atoms with E-state index < -0.39 is 0 Å². The number of rotatable bonds is 6. The first kappa shape index (κ1) is 18.7. The Labute approximate surface area is 168 Å². The number of nitrogens with two attached hydrogens (primary N) is 1. The molecule has 2 aromatic carbocycles. The fourth-order valence-corrected chi connectivity index (χ4v) is 3.73. The number of hydrogen-bond acceptors (Lipinski definition) is 4. The second-order valence-corrected chi connectivity index (χ2v) is 7.31. The third kappa shape index (κ3) is 3.81. The molecule has 1 aliphatic rings. The van der Waals surface area contributed by atoms with Gasteiger partial charge < -0.3 is 10.5 Å². The second kappa shape index (κ2) is 8.17. The van der Waals surface area contributed by atoms with Crippen LogP contribution in [0.5, 0.6) is 5.75 Å². The first-order valence-corrected chi connectivity index (χ1v) is 9.84. The molecule has 0 saturated carbocycles. The standard InChI is InChI=1S/C22H22ClN3O2/c23-19-6-2-1-4-15(19)5-3-10-26-22(27)18(14-24)13-20(25-26)16-7-8-21-17(12-16)9-11-28-21/h1-2,4,6-8,12-13H,3,5,9-11,14,24H2. The summed E-state index contributed by atoms with van der Waals surface area (Å²) in [6.45, 7) is 1.41. The van der Waals surface area contributed by atoms with E-state index in [1.165, 1.54) is 10.2 Å². The number of hydrogen-bond donors (Lipinski definition) is 1. The average molecular weight is 396 g/mol. The van der Waals surface area contributed by atoms with Crippen LogP contribution in [0.15, 0.2) is 53.3 Å². The normalized spacial score (nSPS) is 12.6. The summed E-state index contributed by atoms with van der Waals surface area (Å²) in [7, 11) is 0. The number of halogens is 1. The lowest BCUT2D eigenvalue weighted by Crippen LogP contribution is -2.28. The van der Waals surface area contributed by atoms with Gasteiger partial charge in [-0.2, -0.15) is 5.10 Å². The lowest BCUT2D eigenvalue weighted by molar-refractivity contribution is 0.357. The van der Waals surface area contributed by atoms with Crippen molar-refractivity contribution in [2.24, 2.45) is 5.73 Å². The van der Waals surface area contributed by atoms with Crippen molar-refractivity contribution in [1.82, 2.24) is 9.78 Å². The topological polar surface area (TPSA) is 70.1 Å². The van der Waals surface area contributed by atoms with Crippen molar-refractivity contribution in [2.45, 2.75) is 32.4 Å². The third-order valence-electron chi connectivity index (χ3n) is 5.03. The minimum Gasteiger partial charge on any atom is -0.493 e. The van der Waals surface area contributed by atoms with Crippen molar-refractivity contribution >= 4 is 11.6 Å². The largest absolute Gasteiger partial charge is 0.493 e. The summed E-state index contributed by atoms with van der Waals surface area (Å²) in [6.07, 6.45) is 2.44. The summed E-state index contributed by atoms with van der Waals surface area (Å²) in [4.78, 5) is 12.7. The van der Waals surface area contributed by atoms with Crippen molar-refractivity contribution in [2.75, 3.05) is 6.61 Å². The molecule has 3 aromatic rings. The number of ether oxygens (including phenoxy) is 1. The van der Waals surface area contributed by atoms with E-state index in [2.05, 4.69) is 11.2 Å². The maximum absolute atomic E-state index is 12.7. The molecular formula is C22H22ClN3O2. The number of benzene rings is 2. The van der Waals surface area contributed by atoms with Gasteiger partial charge >= 0.3 is 0 Å². The summed E-state index contributed by atoms with van der Waals surface area (Å²) < 4.78 is 7.10. The molecule has 5 nitrogen and oxygen atoms in total. The summed E-state index contributed by atoms with van der Waals surface area (Å²) in [6, 6.07) is 15.6. The summed E-state index contributed by atoms with van der Waals surface area (Å²) in [5.41, 5.74) is 10.2. The summed E-state index contributed by atoms with van der Waals surface area (Å²) >= 11 is 6.23. The van der Waals surface area contributed by atoms with Crippen molar-refractivity contribution < 1.29 is 4.74 Å². The molecule has 6 heteroatoms.